The van der Waals surface area contributed by atoms with Crippen LogP contribution in [-0.4, -0.2) is 9.97 Å². The number of pyridine rings is 1. The van der Waals surface area contributed by atoms with Crippen LogP contribution in [0.4, 0.5) is 0 Å². The summed E-state index contributed by atoms with van der Waals surface area (Å²) in [6.07, 6.45) is 1.99. The molecule has 2 nitrogen and oxygen atoms in total. The zero-order valence-corrected chi connectivity index (χ0v) is 12.3. The van der Waals surface area contributed by atoms with Crippen molar-refractivity contribution in [2.24, 2.45) is 0 Å². The van der Waals surface area contributed by atoms with E-state index in [2.05, 4.69) is 24.0 Å². The highest BCUT2D eigenvalue weighted by Crippen LogP contribution is 2.35. The zero-order valence-electron chi connectivity index (χ0n) is 11.5. The van der Waals surface area contributed by atoms with Gasteiger partial charge in [-0.25, -0.2) is 4.98 Å². The van der Waals surface area contributed by atoms with E-state index >= 15 is 0 Å². The molecule has 4 aromatic rings. The molecule has 0 amide bonds. The number of H-pyrrole nitrogens is 1. The Hall–Kier alpha value is -2.32. The van der Waals surface area contributed by atoms with Crippen LogP contribution in [-0.2, 0) is 0 Å². The lowest BCUT2D eigenvalue weighted by Crippen LogP contribution is -1.85. The Bertz CT molecular complexity index is 969. The van der Waals surface area contributed by atoms with Crippen LogP contribution in [0.15, 0.2) is 54.7 Å². The van der Waals surface area contributed by atoms with Gasteiger partial charge in [0, 0.05) is 22.5 Å². The van der Waals surface area contributed by atoms with Gasteiger partial charge in [-0.1, -0.05) is 41.9 Å². The number of rotatable bonds is 1. The number of nitrogens with one attached hydrogen (secondary N) is 1. The van der Waals surface area contributed by atoms with E-state index in [0.717, 1.165) is 38.1 Å². The van der Waals surface area contributed by atoms with Crippen molar-refractivity contribution in [3.63, 3.8) is 0 Å². The van der Waals surface area contributed by atoms with Crippen LogP contribution in [0, 0.1) is 6.92 Å². The Kier molecular flexibility index (Phi) is 2.72. The van der Waals surface area contributed by atoms with Crippen LogP contribution >= 0.6 is 11.6 Å². The van der Waals surface area contributed by atoms with Crippen molar-refractivity contribution in [1.29, 1.82) is 0 Å². The lowest BCUT2D eigenvalue weighted by Gasteiger charge is -2.04. The predicted octanol–water partition coefficient (Wildman–Crippen LogP) is 5.34. The Labute approximate surface area is 127 Å². The summed E-state index contributed by atoms with van der Waals surface area (Å²) in [7, 11) is 0. The van der Waals surface area contributed by atoms with Gasteiger partial charge in [0.2, 0.25) is 0 Å². The van der Waals surface area contributed by atoms with Crippen LogP contribution in [0.5, 0.6) is 0 Å². The van der Waals surface area contributed by atoms with E-state index in [0.29, 0.717) is 0 Å². The van der Waals surface area contributed by atoms with Crippen LogP contribution < -0.4 is 0 Å². The third-order valence-corrected chi connectivity index (χ3v) is 4.18. The van der Waals surface area contributed by atoms with Crippen molar-refractivity contribution in [1.82, 2.24) is 9.97 Å². The first kappa shape index (κ1) is 12.4. The lowest BCUT2D eigenvalue weighted by molar-refractivity contribution is 1.39. The minimum atomic E-state index is 0.752. The molecule has 0 fully saturated rings. The average Bonchev–Trinajstić information content (AvgIpc) is 2.97. The predicted molar refractivity (Wildman–Crippen MR) is 88.8 cm³/mol. The van der Waals surface area contributed by atoms with E-state index < -0.39 is 0 Å². The molecule has 102 valence electrons. The van der Waals surface area contributed by atoms with E-state index in [1.807, 2.05) is 42.6 Å². The van der Waals surface area contributed by atoms with E-state index in [1.165, 1.54) is 5.56 Å². The summed E-state index contributed by atoms with van der Waals surface area (Å²) in [4.78, 5) is 8.08. The van der Waals surface area contributed by atoms with Crippen LogP contribution in [0.2, 0.25) is 5.02 Å². The van der Waals surface area contributed by atoms with Gasteiger partial charge in [-0.2, -0.15) is 0 Å². The molecule has 0 radical (unpaired) electrons. The van der Waals surface area contributed by atoms with Gasteiger partial charge in [0.1, 0.15) is 0 Å². The number of hydrogen-bond acceptors (Lipinski definition) is 1. The Morgan fingerprint density at radius 3 is 2.76 bits per heavy atom. The molecule has 2 heterocycles. The van der Waals surface area contributed by atoms with Crippen LogP contribution in [0.1, 0.15) is 5.56 Å². The first-order chi connectivity index (χ1) is 10.2. The number of hydrogen-bond donors (Lipinski definition) is 1. The third-order valence-electron chi connectivity index (χ3n) is 3.87. The second kappa shape index (κ2) is 4.61. The summed E-state index contributed by atoms with van der Waals surface area (Å²) in [6.45, 7) is 2.08. The molecule has 0 unspecified atom stereocenters. The molecule has 2 aromatic heterocycles. The molecular weight excluding hydrogens is 280 g/mol. The Morgan fingerprint density at radius 2 is 1.86 bits per heavy atom. The molecule has 0 aliphatic carbocycles. The Morgan fingerprint density at radius 1 is 1.00 bits per heavy atom. The molecule has 0 saturated heterocycles. The number of aromatic amines is 1. The topological polar surface area (TPSA) is 28.7 Å². The summed E-state index contributed by atoms with van der Waals surface area (Å²) < 4.78 is 0. The fourth-order valence-electron chi connectivity index (χ4n) is 2.77. The number of para-hydroxylation sites is 1. The molecule has 21 heavy (non-hydrogen) atoms. The van der Waals surface area contributed by atoms with Gasteiger partial charge >= 0.3 is 0 Å². The number of aryl methyl sites for hydroxylation is 1. The minimum absolute atomic E-state index is 0.752. The number of benzene rings is 2. The van der Waals surface area contributed by atoms with Gasteiger partial charge in [-0.3, -0.25) is 0 Å². The van der Waals surface area contributed by atoms with Gasteiger partial charge < -0.3 is 4.98 Å². The van der Waals surface area contributed by atoms with Crippen LogP contribution in [0.25, 0.3) is 33.1 Å². The second-order valence-electron chi connectivity index (χ2n) is 5.21. The molecule has 2 aromatic carbocycles. The molecule has 0 spiro atoms. The number of fused-ring (bicyclic) bond motifs is 2. The molecular formula is C18H13ClN2. The Balaban J connectivity index is 2.02. The van der Waals surface area contributed by atoms with Gasteiger partial charge in [0.25, 0.3) is 0 Å². The van der Waals surface area contributed by atoms with Crippen molar-refractivity contribution < 1.29 is 0 Å². The van der Waals surface area contributed by atoms with Crippen molar-refractivity contribution in [3.8, 4) is 11.3 Å². The number of nitrogens with zero attached hydrogens (tertiary/aromatic N) is 1. The summed E-state index contributed by atoms with van der Waals surface area (Å²) in [5, 5.41) is 2.93. The SMILES string of the molecule is Cc1ccc(Cl)c2c(-c3ccc4ccccc4n3)c[nH]c12. The van der Waals surface area contributed by atoms with E-state index in [1.54, 1.807) is 0 Å². The first-order valence-corrected chi connectivity index (χ1v) is 7.24. The van der Waals surface area contributed by atoms with Crippen molar-refractivity contribution in [3.05, 3.63) is 65.3 Å². The number of aromatic nitrogens is 2. The molecule has 0 atom stereocenters. The van der Waals surface area contributed by atoms with Gasteiger partial charge in [0.05, 0.1) is 21.7 Å². The lowest BCUT2D eigenvalue weighted by atomic mass is 10.1. The van der Waals surface area contributed by atoms with Crippen molar-refractivity contribution in [2.75, 3.05) is 0 Å². The normalized spacial score (nSPS) is 11.3. The molecule has 0 aliphatic rings. The molecule has 0 aliphatic heterocycles. The number of halogens is 1. The highest BCUT2D eigenvalue weighted by Gasteiger charge is 2.12. The summed E-state index contributed by atoms with van der Waals surface area (Å²) in [5.74, 6) is 0. The summed E-state index contributed by atoms with van der Waals surface area (Å²) in [6, 6.07) is 16.2. The molecule has 0 saturated carbocycles. The quantitative estimate of drug-likeness (QED) is 0.503. The fourth-order valence-corrected chi connectivity index (χ4v) is 3.02. The molecule has 4 rings (SSSR count). The van der Waals surface area contributed by atoms with Gasteiger partial charge in [-0.05, 0) is 30.7 Å². The minimum Gasteiger partial charge on any atom is -0.360 e. The molecule has 1 N–H and O–H groups in total. The van der Waals surface area contributed by atoms with Gasteiger partial charge in [0.15, 0.2) is 0 Å². The third kappa shape index (κ3) is 1.91. The van der Waals surface area contributed by atoms with Crippen LogP contribution in [0.3, 0.4) is 0 Å². The zero-order chi connectivity index (χ0) is 14.4. The monoisotopic (exact) mass is 292 g/mol. The average molecular weight is 293 g/mol. The van der Waals surface area contributed by atoms with E-state index in [4.69, 9.17) is 16.6 Å². The van der Waals surface area contributed by atoms with E-state index in [-0.39, 0.29) is 0 Å². The standard InChI is InChI=1S/C18H13ClN2/c1-11-6-8-14(19)17-13(10-20-18(11)17)16-9-7-12-4-2-3-5-15(12)21-16/h2-10,20H,1H3. The first-order valence-electron chi connectivity index (χ1n) is 6.86. The van der Waals surface area contributed by atoms with Crippen molar-refractivity contribution in [2.45, 2.75) is 6.92 Å². The van der Waals surface area contributed by atoms with E-state index in [9.17, 15) is 0 Å². The fraction of sp³-hybridized carbons (Fsp3) is 0.0556. The van der Waals surface area contributed by atoms with Gasteiger partial charge in [-0.15, -0.1) is 0 Å². The summed E-state index contributed by atoms with van der Waals surface area (Å²) >= 11 is 6.40. The van der Waals surface area contributed by atoms with Crippen molar-refractivity contribution >= 4 is 33.4 Å². The molecule has 3 heteroatoms. The second-order valence-corrected chi connectivity index (χ2v) is 5.61. The highest BCUT2D eigenvalue weighted by atomic mass is 35.5. The maximum absolute atomic E-state index is 6.40. The largest absolute Gasteiger partial charge is 0.360 e. The maximum atomic E-state index is 6.40. The molecule has 0 bridgehead atoms. The maximum Gasteiger partial charge on any atom is 0.0731 e. The smallest absolute Gasteiger partial charge is 0.0731 e. The summed E-state index contributed by atoms with van der Waals surface area (Å²) in [5.41, 5.74) is 5.24. The highest BCUT2D eigenvalue weighted by molar-refractivity contribution is 6.36.